The highest BCUT2D eigenvalue weighted by Gasteiger charge is 2.30. The van der Waals surface area contributed by atoms with Gasteiger partial charge in [0.25, 0.3) is 0 Å². The van der Waals surface area contributed by atoms with Crippen molar-refractivity contribution in [2.75, 3.05) is 13.7 Å². The van der Waals surface area contributed by atoms with E-state index in [0.29, 0.717) is 0 Å². The van der Waals surface area contributed by atoms with E-state index < -0.39 is 0 Å². The number of methoxy groups -OCH3 is 1. The Morgan fingerprint density at radius 3 is 2.09 bits per heavy atom. The predicted molar refractivity (Wildman–Crippen MR) is 96.1 cm³/mol. The van der Waals surface area contributed by atoms with Crippen LogP contribution in [0.3, 0.4) is 0 Å². The molecule has 0 amide bonds. The molecule has 0 heterocycles. The van der Waals surface area contributed by atoms with Gasteiger partial charge in [-0.2, -0.15) is 0 Å². The summed E-state index contributed by atoms with van der Waals surface area (Å²) >= 11 is 0. The number of ether oxygens (including phenoxy) is 1. The Hall–Kier alpha value is -0.300. The van der Waals surface area contributed by atoms with Crippen molar-refractivity contribution in [3.8, 4) is 0 Å². The van der Waals surface area contributed by atoms with Gasteiger partial charge in [-0.05, 0) is 87.9 Å². The standard InChI is InChI=1S/C21H38O/c1-3-4-5-6-7-8-18-9-13-20(14-10-18)21-15-11-19(12-16-21)17-22-2/h7-8,18-21H,3-6,9-17H2,1-2H3. The van der Waals surface area contributed by atoms with Gasteiger partial charge in [-0.3, -0.25) is 0 Å². The fourth-order valence-electron chi connectivity index (χ4n) is 4.67. The molecule has 2 aliphatic carbocycles. The van der Waals surface area contributed by atoms with Gasteiger partial charge in [0.2, 0.25) is 0 Å². The quantitative estimate of drug-likeness (QED) is 0.373. The summed E-state index contributed by atoms with van der Waals surface area (Å²) in [6, 6.07) is 0. The van der Waals surface area contributed by atoms with Crippen LogP contribution >= 0.6 is 0 Å². The smallest absolute Gasteiger partial charge is 0.0490 e. The molecule has 0 aromatic carbocycles. The minimum Gasteiger partial charge on any atom is -0.384 e. The number of allylic oxidation sites excluding steroid dienone is 2. The molecule has 0 saturated heterocycles. The van der Waals surface area contributed by atoms with Gasteiger partial charge < -0.3 is 4.74 Å². The molecule has 0 N–H and O–H groups in total. The molecule has 0 atom stereocenters. The van der Waals surface area contributed by atoms with E-state index in [1.165, 1.54) is 77.0 Å². The normalized spacial score (nSPS) is 33.4. The Kier molecular flexibility index (Phi) is 8.59. The van der Waals surface area contributed by atoms with Crippen molar-refractivity contribution in [3.05, 3.63) is 12.2 Å². The van der Waals surface area contributed by atoms with Crippen LogP contribution in [0.25, 0.3) is 0 Å². The Balaban J connectivity index is 1.61. The third kappa shape index (κ3) is 6.07. The highest BCUT2D eigenvalue weighted by atomic mass is 16.5. The lowest BCUT2D eigenvalue weighted by molar-refractivity contribution is 0.0957. The first kappa shape index (κ1) is 18.0. The molecule has 0 aromatic heterocycles. The van der Waals surface area contributed by atoms with E-state index in [2.05, 4.69) is 19.1 Å². The Morgan fingerprint density at radius 2 is 1.50 bits per heavy atom. The Morgan fingerprint density at radius 1 is 0.864 bits per heavy atom. The van der Waals surface area contributed by atoms with Gasteiger partial charge in [-0.15, -0.1) is 0 Å². The topological polar surface area (TPSA) is 9.23 Å². The molecular weight excluding hydrogens is 268 g/mol. The lowest BCUT2D eigenvalue weighted by Gasteiger charge is -2.37. The second kappa shape index (κ2) is 10.5. The van der Waals surface area contributed by atoms with Gasteiger partial charge in [-0.1, -0.05) is 31.9 Å². The van der Waals surface area contributed by atoms with Crippen molar-refractivity contribution in [1.29, 1.82) is 0 Å². The molecule has 22 heavy (non-hydrogen) atoms. The molecule has 2 rings (SSSR count). The molecule has 128 valence electrons. The molecule has 0 spiro atoms. The van der Waals surface area contributed by atoms with Crippen LogP contribution in [-0.4, -0.2) is 13.7 Å². The summed E-state index contributed by atoms with van der Waals surface area (Å²) in [4.78, 5) is 0. The number of rotatable bonds is 8. The predicted octanol–water partition coefficient (Wildman–Crippen LogP) is 6.38. The Labute approximate surface area is 138 Å². The molecule has 0 unspecified atom stereocenters. The van der Waals surface area contributed by atoms with Crippen LogP contribution in [0, 0.1) is 23.7 Å². The zero-order chi connectivity index (χ0) is 15.6. The molecule has 0 bridgehead atoms. The average Bonchev–Trinajstić information content (AvgIpc) is 2.56. The summed E-state index contributed by atoms with van der Waals surface area (Å²) in [7, 11) is 1.85. The maximum Gasteiger partial charge on any atom is 0.0490 e. The lowest BCUT2D eigenvalue weighted by atomic mass is 9.69. The first-order chi connectivity index (χ1) is 10.8. The van der Waals surface area contributed by atoms with Crippen molar-refractivity contribution >= 4 is 0 Å². The van der Waals surface area contributed by atoms with Crippen LogP contribution in [0.2, 0.25) is 0 Å². The first-order valence-electron chi connectivity index (χ1n) is 9.99. The van der Waals surface area contributed by atoms with Crippen LogP contribution in [0.15, 0.2) is 12.2 Å². The van der Waals surface area contributed by atoms with E-state index in [-0.39, 0.29) is 0 Å². The SMILES string of the molecule is CCCCCC=CC1CCC(C2CCC(COC)CC2)CC1. The molecule has 1 nitrogen and oxygen atoms in total. The van der Waals surface area contributed by atoms with Crippen LogP contribution in [0.4, 0.5) is 0 Å². The maximum atomic E-state index is 5.33. The second-order valence-corrected chi connectivity index (χ2v) is 7.83. The summed E-state index contributed by atoms with van der Waals surface area (Å²) in [6.07, 6.45) is 22.1. The second-order valence-electron chi connectivity index (χ2n) is 7.83. The zero-order valence-corrected chi connectivity index (χ0v) is 15.1. The monoisotopic (exact) mass is 306 g/mol. The molecule has 0 aromatic rings. The van der Waals surface area contributed by atoms with Gasteiger partial charge in [0.1, 0.15) is 0 Å². The van der Waals surface area contributed by atoms with Crippen molar-refractivity contribution in [2.45, 2.75) is 84.0 Å². The van der Waals surface area contributed by atoms with Gasteiger partial charge in [0.05, 0.1) is 0 Å². The van der Waals surface area contributed by atoms with Gasteiger partial charge in [0, 0.05) is 13.7 Å². The van der Waals surface area contributed by atoms with Crippen molar-refractivity contribution in [3.63, 3.8) is 0 Å². The van der Waals surface area contributed by atoms with Crippen molar-refractivity contribution in [2.24, 2.45) is 23.7 Å². The van der Waals surface area contributed by atoms with Crippen molar-refractivity contribution < 1.29 is 4.74 Å². The summed E-state index contributed by atoms with van der Waals surface area (Å²) < 4.78 is 5.33. The fourth-order valence-corrected chi connectivity index (χ4v) is 4.67. The van der Waals surface area contributed by atoms with E-state index in [0.717, 1.165) is 30.3 Å². The van der Waals surface area contributed by atoms with E-state index >= 15 is 0 Å². The summed E-state index contributed by atoms with van der Waals surface area (Å²) in [5.74, 6) is 3.81. The highest BCUT2D eigenvalue weighted by molar-refractivity contribution is 4.92. The highest BCUT2D eigenvalue weighted by Crippen LogP contribution is 2.41. The fraction of sp³-hybridized carbons (Fsp3) is 0.905. The molecule has 0 radical (unpaired) electrons. The third-order valence-corrected chi connectivity index (χ3v) is 6.16. The minimum absolute atomic E-state index is 0.851. The van der Waals surface area contributed by atoms with E-state index in [1.807, 2.05) is 7.11 Å². The zero-order valence-electron chi connectivity index (χ0n) is 15.1. The van der Waals surface area contributed by atoms with Crippen LogP contribution in [0.1, 0.15) is 84.0 Å². The molecule has 2 saturated carbocycles. The van der Waals surface area contributed by atoms with E-state index in [4.69, 9.17) is 4.74 Å². The number of hydrogen-bond donors (Lipinski definition) is 0. The summed E-state index contributed by atoms with van der Waals surface area (Å²) in [5, 5.41) is 0. The average molecular weight is 307 g/mol. The van der Waals surface area contributed by atoms with E-state index in [9.17, 15) is 0 Å². The minimum atomic E-state index is 0.851. The van der Waals surface area contributed by atoms with Gasteiger partial charge >= 0.3 is 0 Å². The third-order valence-electron chi connectivity index (χ3n) is 6.16. The number of hydrogen-bond acceptors (Lipinski definition) is 1. The van der Waals surface area contributed by atoms with Gasteiger partial charge in [-0.25, -0.2) is 0 Å². The summed E-state index contributed by atoms with van der Waals surface area (Å²) in [6.45, 7) is 3.27. The first-order valence-corrected chi connectivity index (χ1v) is 9.99. The lowest BCUT2D eigenvalue weighted by Crippen LogP contribution is -2.26. The van der Waals surface area contributed by atoms with Crippen LogP contribution < -0.4 is 0 Å². The maximum absolute atomic E-state index is 5.33. The molecule has 1 heteroatoms. The van der Waals surface area contributed by atoms with E-state index in [1.54, 1.807) is 0 Å². The van der Waals surface area contributed by atoms with Crippen molar-refractivity contribution in [1.82, 2.24) is 0 Å². The Bertz CT molecular complexity index is 293. The van der Waals surface area contributed by atoms with Crippen LogP contribution in [0.5, 0.6) is 0 Å². The molecule has 2 aliphatic rings. The summed E-state index contributed by atoms with van der Waals surface area (Å²) in [5.41, 5.74) is 0. The molecule has 2 fully saturated rings. The molecular formula is C21H38O. The molecule has 0 aliphatic heterocycles. The van der Waals surface area contributed by atoms with Gasteiger partial charge in [0.15, 0.2) is 0 Å². The largest absolute Gasteiger partial charge is 0.384 e. The van der Waals surface area contributed by atoms with Crippen LogP contribution in [-0.2, 0) is 4.74 Å². The number of unbranched alkanes of at least 4 members (excludes halogenated alkanes) is 3.